The molecule has 1 atom stereocenters. The minimum absolute atomic E-state index is 0.0218. The Morgan fingerprint density at radius 1 is 1.32 bits per heavy atom. The molecule has 1 spiro atoms. The Kier molecular flexibility index (Phi) is 3.81. The summed E-state index contributed by atoms with van der Waals surface area (Å²) in [5, 5.41) is 9.12. The largest absolute Gasteiger partial charge is 0.493 e. The Morgan fingerprint density at radius 3 is 2.59 bits per heavy atom. The van der Waals surface area contributed by atoms with Gasteiger partial charge >= 0.3 is 5.97 Å². The number of piperidine rings is 1. The molecule has 1 amide bonds. The molecule has 1 saturated carbocycles. The molecule has 1 aliphatic heterocycles. The van der Waals surface area contributed by atoms with Gasteiger partial charge in [0.05, 0.1) is 18.1 Å². The van der Waals surface area contributed by atoms with Crippen LogP contribution in [-0.2, 0) is 4.79 Å². The van der Waals surface area contributed by atoms with Crippen molar-refractivity contribution < 1.29 is 19.4 Å². The molecule has 1 aromatic rings. The molecule has 0 bridgehead atoms. The van der Waals surface area contributed by atoms with E-state index in [9.17, 15) is 9.59 Å². The predicted molar refractivity (Wildman–Crippen MR) is 80.9 cm³/mol. The molecule has 0 radical (unpaired) electrons. The van der Waals surface area contributed by atoms with Crippen LogP contribution in [0.5, 0.6) is 5.75 Å². The highest BCUT2D eigenvalue weighted by Crippen LogP contribution is 2.59. The lowest BCUT2D eigenvalue weighted by molar-refractivity contribution is -0.139. The number of rotatable bonds is 4. The predicted octanol–water partition coefficient (Wildman–Crippen LogP) is 2.41. The van der Waals surface area contributed by atoms with Crippen molar-refractivity contribution in [3.8, 4) is 5.75 Å². The number of likely N-dealkylation sites (tertiary alicyclic amines) is 1. The van der Waals surface area contributed by atoms with Crippen LogP contribution in [0.15, 0.2) is 24.3 Å². The molecule has 22 heavy (non-hydrogen) atoms. The number of benzene rings is 1. The van der Waals surface area contributed by atoms with Crippen LogP contribution in [0.1, 0.15) is 36.5 Å². The van der Waals surface area contributed by atoms with E-state index in [-0.39, 0.29) is 17.2 Å². The number of carbonyl (C=O) groups is 2. The highest BCUT2D eigenvalue weighted by Gasteiger charge is 2.59. The summed E-state index contributed by atoms with van der Waals surface area (Å²) < 4.78 is 5.53. The minimum atomic E-state index is -0.693. The zero-order chi connectivity index (χ0) is 15.7. The Hall–Kier alpha value is -2.04. The zero-order valence-corrected chi connectivity index (χ0v) is 12.7. The van der Waals surface area contributed by atoms with Crippen molar-refractivity contribution in [3.63, 3.8) is 0 Å². The van der Waals surface area contributed by atoms with E-state index in [4.69, 9.17) is 9.84 Å². The summed E-state index contributed by atoms with van der Waals surface area (Å²) in [6.07, 6.45) is 2.33. The first-order valence-electron chi connectivity index (χ1n) is 7.81. The third kappa shape index (κ3) is 2.56. The average molecular weight is 303 g/mol. The van der Waals surface area contributed by atoms with Crippen molar-refractivity contribution in [2.24, 2.45) is 11.3 Å². The molecule has 5 heteroatoms. The standard InChI is InChI=1S/C17H21NO4/c1-2-22-14-6-4-3-5-12(14)15(19)18-9-7-17(8-10-18)11-13(17)16(20)21/h3-6,13H,2,7-11H2,1H3,(H,20,21). The van der Waals surface area contributed by atoms with Gasteiger partial charge in [-0.15, -0.1) is 0 Å². The smallest absolute Gasteiger partial charge is 0.307 e. The molecule has 1 N–H and O–H groups in total. The molecule has 3 rings (SSSR count). The van der Waals surface area contributed by atoms with Crippen molar-refractivity contribution >= 4 is 11.9 Å². The fraction of sp³-hybridized carbons (Fsp3) is 0.529. The van der Waals surface area contributed by atoms with Gasteiger partial charge in [-0.3, -0.25) is 9.59 Å². The summed E-state index contributed by atoms with van der Waals surface area (Å²) in [7, 11) is 0. The molecule has 1 aromatic carbocycles. The third-order valence-corrected chi connectivity index (χ3v) is 4.95. The molecule has 1 unspecified atom stereocenters. The number of nitrogens with zero attached hydrogens (tertiary/aromatic N) is 1. The lowest BCUT2D eigenvalue weighted by Crippen LogP contribution is -2.40. The summed E-state index contributed by atoms with van der Waals surface area (Å²) in [4.78, 5) is 25.6. The lowest BCUT2D eigenvalue weighted by atomic mass is 9.90. The van der Waals surface area contributed by atoms with Crippen molar-refractivity contribution in [3.05, 3.63) is 29.8 Å². The number of para-hydroxylation sites is 1. The molecule has 118 valence electrons. The van der Waals surface area contributed by atoms with Gasteiger partial charge in [0.25, 0.3) is 5.91 Å². The molecular weight excluding hydrogens is 282 g/mol. The van der Waals surface area contributed by atoms with Crippen molar-refractivity contribution in [1.29, 1.82) is 0 Å². The van der Waals surface area contributed by atoms with Gasteiger partial charge in [-0.2, -0.15) is 0 Å². The molecule has 5 nitrogen and oxygen atoms in total. The second-order valence-corrected chi connectivity index (χ2v) is 6.18. The molecule has 1 heterocycles. The number of amides is 1. The number of carbonyl (C=O) groups excluding carboxylic acids is 1. The van der Waals surface area contributed by atoms with Gasteiger partial charge in [0.1, 0.15) is 5.75 Å². The Labute approximate surface area is 129 Å². The zero-order valence-electron chi connectivity index (χ0n) is 12.7. The Bertz CT molecular complexity index is 590. The van der Waals surface area contributed by atoms with Gasteiger partial charge in [-0.05, 0) is 43.7 Å². The van der Waals surface area contributed by atoms with E-state index in [0.29, 0.717) is 31.0 Å². The Morgan fingerprint density at radius 2 is 2.00 bits per heavy atom. The van der Waals surface area contributed by atoms with Gasteiger partial charge < -0.3 is 14.7 Å². The number of ether oxygens (including phenoxy) is 1. The number of hydrogen-bond donors (Lipinski definition) is 1. The van der Waals surface area contributed by atoms with Crippen LogP contribution >= 0.6 is 0 Å². The second-order valence-electron chi connectivity index (χ2n) is 6.18. The molecule has 1 aliphatic carbocycles. The topological polar surface area (TPSA) is 66.8 Å². The average Bonchev–Trinajstić information content (AvgIpc) is 3.22. The van der Waals surface area contributed by atoms with Crippen molar-refractivity contribution in [2.75, 3.05) is 19.7 Å². The van der Waals surface area contributed by atoms with Gasteiger partial charge in [0.15, 0.2) is 0 Å². The molecular formula is C17H21NO4. The van der Waals surface area contributed by atoms with Gasteiger partial charge in [-0.1, -0.05) is 12.1 Å². The van der Waals surface area contributed by atoms with Crippen LogP contribution in [0.4, 0.5) is 0 Å². The van der Waals surface area contributed by atoms with Crippen LogP contribution in [-0.4, -0.2) is 41.6 Å². The van der Waals surface area contributed by atoms with E-state index < -0.39 is 5.97 Å². The maximum absolute atomic E-state index is 12.7. The minimum Gasteiger partial charge on any atom is -0.493 e. The van der Waals surface area contributed by atoms with Gasteiger partial charge in [-0.25, -0.2) is 0 Å². The summed E-state index contributed by atoms with van der Waals surface area (Å²) >= 11 is 0. The first-order valence-corrected chi connectivity index (χ1v) is 7.81. The third-order valence-electron chi connectivity index (χ3n) is 4.95. The summed E-state index contributed by atoms with van der Waals surface area (Å²) in [6, 6.07) is 7.29. The monoisotopic (exact) mass is 303 g/mol. The highest BCUT2D eigenvalue weighted by atomic mass is 16.5. The summed E-state index contributed by atoms with van der Waals surface area (Å²) in [5.41, 5.74) is 0.535. The molecule has 2 fully saturated rings. The van der Waals surface area contributed by atoms with Gasteiger partial charge in [0.2, 0.25) is 0 Å². The fourth-order valence-electron chi connectivity index (χ4n) is 3.50. The maximum atomic E-state index is 12.7. The number of hydrogen-bond acceptors (Lipinski definition) is 3. The normalized spacial score (nSPS) is 22.4. The van der Waals surface area contributed by atoms with Crippen LogP contribution < -0.4 is 4.74 Å². The van der Waals surface area contributed by atoms with Crippen molar-refractivity contribution in [2.45, 2.75) is 26.2 Å². The van der Waals surface area contributed by atoms with E-state index >= 15 is 0 Å². The first-order chi connectivity index (χ1) is 10.6. The number of aliphatic carboxylic acids is 1. The fourth-order valence-corrected chi connectivity index (χ4v) is 3.50. The van der Waals surface area contributed by atoms with Crippen LogP contribution in [0, 0.1) is 11.3 Å². The van der Waals surface area contributed by atoms with E-state index in [2.05, 4.69) is 0 Å². The maximum Gasteiger partial charge on any atom is 0.307 e. The van der Waals surface area contributed by atoms with Crippen molar-refractivity contribution in [1.82, 2.24) is 4.90 Å². The second kappa shape index (κ2) is 5.63. The SMILES string of the molecule is CCOc1ccccc1C(=O)N1CCC2(CC1)CC2C(=O)O. The molecule has 2 aliphatic rings. The van der Waals surface area contributed by atoms with E-state index in [0.717, 1.165) is 19.3 Å². The summed E-state index contributed by atoms with van der Waals surface area (Å²) in [6.45, 7) is 3.67. The number of carboxylic acid groups (broad SMARTS) is 1. The van der Waals surface area contributed by atoms with E-state index in [1.165, 1.54) is 0 Å². The first kappa shape index (κ1) is 14.9. The van der Waals surface area contributed by atoms with Crippen LogP contribution in [0.3, 0.4) is 0 Å². The lowest BCUT2D eigenvalue weighted by Gasteiger charge is -2.33. The van der Waals surface area contributed by atoms with E-state index in [1.54, 1.807) is 6.07 Å². The molecule has 1 saturated heterocycles. The Balaban J connectivity index is 1.67. The van der Waals surface area contributed by atoms with Crippen LogP contribution in [0.2, 0.25) is 0 Å². The highest BCUT2D eigenvalue weighted by molar-refractivity contribution is 5.97. The van der Waals surface area contributed by atoms with E-state index in [1.807, 2.05) is 30.0 Å². The van der Waals surface area contributed by atoms with Crippen LogP contribution in [0.25, 0.3) is 0 Å². The van der Waals surface area contributed by atoms with Gasteiger partial charge in [0, 0.05) is 13.1 Å². The quantitative estimate of drug-likeness (QED) is 0.927. The number of carboxylic acids is 1. The summed E-state index contributed by atoms with van der Waals surface area (Å²) in [5.74, 6) is -0.307. The molecule has 0 aromatic heterocycles.